The van der Waals surface area contributed by atoms with Gasteiger partial charge in [-0.1, -0.05) is 35.9 Å². The van der Waals surface area contributed by atoms with Crippen molar-refractivity contribution in [2.45, 2.75) is 26.8 Å². The van der Waals surface area contributed by atoms with Gasteiger partial charge in [-0.15, -0.1) is 0 Å². The van der Waals surface area contributed by atoms with Gasteiger partial charge in [0.15, 0.2) is 5.78 Å². The van der Waals surface area contributed by atoms with Crippen LogP contribution in [0, 0.1) is 13.8 Å². The van der Waals surface area contributed by atoms with E-state index in [2.05, 4.69) is 5.32 Å². The topological polar surface area (TPSA) is 66.4 Å². The zero-order chi connectivity index (χ0) is 17.0. The predicted molar refractivity (Wildman–Crippen MR) is 89.8 cm³/mol. The molecule has 1 atom stereocenters. The third kappa shape index (κ3) is 3.85. The summed E-state index contributed by atoms with van der Waals surface area (Å²) in [5, 5.41) is 11.7. The number of aryl methyl sites for hydroxylation is 2. The minimum Gasteiger partial charge on any atom is -0.394 e. The number of carbonyl (C=O) groups is 2. The summed E-state index contributed by atoms with van der Waals surface area (Å²) in [5.41, 5.74) is 3.15. The van der Waals surface area contributed by atoms with E-state index in [9.17, 15) is 9.59 Å². The summed E-state index contributed by atoms with van der Waals surface area (Å²) in [7, 11) is 0. The molecule has 23 heavy (non-hydrogen) atoms. The lowest BCUT2D eigenvalue weighted by molar-refractivity contribution is 0.0913. The summed E-state index contributed by atoms with van der Waals surface area (Å²) in [4.78, 5) is 25.2. The smallest absolute Gasteiger partial charge is 0.252 e. The van der Waals surface area contributed by atoms with E-state index in [1.54, 1.807) is 31.2 Å². The second kappa shape index (κ2) is 7.20. The van der Waals surface area contributed by atoms with Gasteiger partial charge < -0.3 is 10.4 Å². The van der Waals surface area contributed by atoms with Crippen molar-refractivity contribution < 1.29 is 14.7 Å². The van der Waals surface area contributed by atoms with Crippen LogP contribution in [-0.4, -0.2) is 29.4 Å². The minimum absolute atomic E-state index is 0.154. The summed E-state index contributed by atoms with van der Waals surface area (Å²) in [6.45, 7) is 5.35. The van der Waals surface area contributed by atoms with E-state index in [4.69, 9.17) is 5.11 Å². The molecule has 0 saturated heterocycles. The van der Waals surface area contributed by atoms with Crippen LogP contribution in [-0.2, 0) is 0 Å². The molecule has 2 aromatic rings. The van der Waals surface area contributed by atoms with Gasteiger partial charge in [0, 0.05) is 17.2 Å². The number of ketones is 1. The lowest BCUT2D eigenvalue weighted by atomic mass is 9.94. The number of hydrogen-bond donors (Lipinski definition) is 2. The van der Waals surface area contributed by atoms with Crippen molar-refractivity contribution in [3.63, 3.8) is 0 Å². The molecule has 4 heteroatoms. The number of amides is 1. The lowest BCUT2D eigenvalue weighted by Gasteiger charge is -2.14. The first-order chi connectivity index (χ1) is 10.9. The van der Waals surface area contributed by atoms with Crippen molar-refractivity contribution in [3.05, 3.63) is 70.3 Å². The summed E-state index contributed by atoms with van der Waals surface area (Å²) in [6, 6.07) is 12.1. The van der Waals surface area contributed by atoms with Gasteiger partial charge in [0.25, 0.3) is 5.91 Å². The maximum absolute atomic E-state index is 12.9. The molecule has 4 nitrogen and oxygen atoms in total. The maximum atomic E-state index is 12.9. The van der Waals surface area contributed by atoms with E-state index in [0.717, 1.165) is 11.1 Å². The Morgan fingerprint density at radius 1 is 1.04 bits per heavy atom. The van der Waals surface area contributed by atoms with Crippen LogP contribution in [0.5, 0.6) is 0 Å². The predicted octanol–water partition coefficient (Wildman–Crippen LogP) is 2.65. The Labute approximate surface area is 136 Å². The minimum atomic E-state index is -0.369. The molecular formula is C19H21NO3. The largest absolute Gasteiger partial charge is 0.394 e. The molecule has 0 aliphatic carbocycles. The average molecular weight is 311 g/mol. The Balaban J connectivity index is 2.42. The van der Waals surface area contributed by atoms with Crippen molar-refractivity contribution >= 4 is 11.7 Å². The van der Waals surface area contributed by atoms with E-state index in [1.165, 1.54) is 0 Å². The fourth-order valence-corrected chi connectivity index (χ4v) is 2.35. The molecule has 0 saturated carbocycles. The Kier molecular flexibility index (Phi) is 5.29. The molecule has 2 rings (SSSR count). The molecule has 120 valence electrons. The summed E-state index contributed by atoms with van der Waals surface area (Å²) >= 11 is 0. The van der Waals surface area contributed by atoms with E-state index in [1.807, 2.05) is 32.0 Å². The van der Waals surface area contributed by atoms with Gasteiger partial charge >= 0.3 is 0 Å². The van der Waals surface area contributed by atoms with Crippen LogP contribution in [0.3, 0.4) is 0 Å². The molecule has 2 aromatic carbocycles. The van der Waals surface area contributed by atoms with Gasteiger partial charge in [0.1, 0.15) is 0 Å². The number of carbonyl (C=O) groups excluding carboxylic acids is 2. The lowest BCUT2D eigenvalue weighted by Crippen LogP contribution is -2.35. The van der Waals surface area contributed by atoms with Gasteiger partial charge in [-0.25, -0.2) is 0 Å². The first kappa shape index (κ1) is 16.9. The second-order valence-electron chi connectivity index (χ2n) is 5.75. The van der Waals surface area contributed by atoms with E-state index in [0.29, 0.717) is 16.7 Å². The standard InChI is InChI=1S/C19H21NO3/c1-12-8-9-13(2)17(10-12)18(22)15-6-4-5-7-16(15)19(23)20-14(3)11-21/h4-10,14,21H,11H2,1-3H3,(H,20,23). The summed E-state index contributed by atoms with van der Waals surface area (Å²) in [5.74, 6) is -0.533. The zero-order valence-electron chi connectivity index (χ0n) is 13.6. The second-order valence-corrected chi connectivity index (χ2v) is 5.75. The molecule has 1 amide bonds. The van der Waals surface area contributed by atoms with Crippen molar-refractivity contribution in [1.82, 2.24) is 5.32 Å². The highest BCUT2D eigenvalue weighted by molar-refractivity contribution is 6.16. The van der Waals surface area contributed by atoms with Gasteiger partial charge in [-0.05, 0) is 38.5 Å². The highest BCUT2D eigenvalue weighted by atomic mass is 16.3. The van der Waals surface area contributed by atoms with Crippen LogP contribution in [0.1, 0.15) is 44.3 Å². The third-order valence-electron chi connectivity index (χ3n) is 3.71. The van der Waals surface area contributed by atoms with Gasteiger partial charge in [-0.3, -0.25) is 9.59 Å². The monoisotopic (exact) mass is 311 g/mol. The third-order valence-corrected chi connectivity index (χ3v) is 3.71. The van der Waals surface area contributed by atoms with Gasteiger partial charge in [0.05, 0.1) is 12.2 Å². The highest BCUT2D eigenvalue weighted by Gasteiger charge is 2.20. The molecule has 0 heterocycles. The van der Waals surface area contributed by atoms with Gasteiger partial charge in [0.2, 0.25) is 0 Å². The number of aliphatic hydroxyl groups excluding tert-OH is 1. The van der Waals surface area contributed by atoms with Crippen molar-refractivity contribution in [2.75, 3.05) is 6.61 Å². The summed E-state index contributed by atoms with van der Waals surface area (Å²) in [6.07, 6.45) is 0. The van der Waals surface area contributed by atoms with Crippen LogP contribution in [0.4, 0.5) is 0 Å². The Hall–Kier alpha value is -2.46. The molecule has 0 aliphatic rings. The number of rotatable bonds is 5. The van der Waals surface area contributed by atoms with Crippen molar-refractivity contribution in [1.29, 1.82) is 0 Å². The first-order valence-electron chi connectivity index (χ1n) is 7.56. The van der Waals surface area contributed by atoms with Crippen molar-refractivity contribution in [3.8, 4) is 0 Å². The average Bonchev–Trinajstić information content (AvgIpc) is 2.56. The molecule has 2 N–H and O–H groups in total. The number of aliphatic hydroxyl groups is 1. The molecule has 1 unspecified atom stereocenters. The van der Waals surface area contributed by atoms with Crippen LogP contribution < -0.4 is 5.32 Å². The zero-order valence-corrected chi connectivity index (χ0v) is 13.6. The normalized spacial score (nSPS) is 11.8. The number of nitrogens with one attached hydrogen (secondary N) is 1. The summed E-state index contributed by atoms with van der Waals surface area (Å²) < 4.78 is 0. The maximum Gasteiger partial charge on any atom is 0.252 e. The molecule has 0 aromatic heterocycles. The first-order valence-corrected chi connectivity index (χ1v) is 7.56. The molecule has 0 radical (unpaired) electrons. The number of hydrogen-bond acceptors (Lipinski definition) is 3. The molecule has 0 fully saturated rings. The van der Waals surface area contributed by atoms with E-state index in [-0.39, 0.29) is 24.3 Å². The highest BCUT2D eigenvalue weighted by Crippen LogP contribution is 2.19. The van der Waals surface area contributed by atoms with Gasteiger partial charge in [-0.2, -0.15) is 0 Å². The molecular weight excluding hydrogens is 290 g/mol. The Bertz CT molecular complexity index is 737. The van der Waals surface area contributed by atoms with Crippen LogP contribution in [0.15, 0.2) is 42.5 Å². The van der Waals surface area contributed by atoms with Crippen LogP contribution in [0.25, 0.3) is 0 Å². The molecule has 0 spiro atoms. The Morgan fingerprint density at radius 3 is 2.35 bits per heavy atom. The fraction of sp³-hybridized carbons (Fsp3) is 0.263. The van der Waals surface area contributed by atoms with E-state index >= 15 is 0 Å². The molecule has 0 bridgehead atoms. The molecule has 0 aliphatic heterocycles. The van der Waals surface area contributed by atoms with Crippen molar-refractivity contribution in [2.24, 2.45) is 0 Å². The fourth-order valence-electron chi connectivity index (χ4n) is 2.35. The van der Waals surface area contributed by atoms with Crippen LogP contribution >= 0.6 is 0 Å². The van der Waals surface area contributed by atoms with E-state index < -0.39 is 0 Å². The number of benzene rings is 2. The Morgan fingerprint density at radius 2 is 1.70 bits per heavy atom. The SMILES string of the molecule is Cc1ccc(C)c(C(=O)c2ccccc2C(=O)NC(C)CO)c1. The van der Waals surface area contributed by atoms with Crippen LogP contribution in [0.2, 0.25) is 0 Å². The quantitative estimate of drug-likeness (QED) is 0.834.